The molecular formula is C17H17BrN2OS. The molecule has 0 aromatic heterocycles. The number of halogens is 1. The quantitative estimate of drug-likeness (QED) is 0.769. The molecule has 0 saturated heterocycles. The zero-order valence-electron chi connectivity index (χ0n) is 12.5. The van der Waals surface area contributed by atoms with E-state index in [-0.39, 0.29) is 17.0 Å². The second-order valence-electron chi connectivity index (χ2n) is 5.18. The lowest BCUT2D eigenvalue weighted by atomic mass is 10.0. The summed E-state index contributed by atoms with van der Waals surface area (Å²) in [6.07, 6.45) is 0. The van der Waals surface area contributed by atoms with Crippen molar-refractivity contribution in [3.63, 3.8) is 0 Å². The molecule has 2 aliphatic rings. The minimum atomic E-state index is 0. The lowest BCUT2D eigenvalue weighted by Gasteiger charge is -2.19. The predicted octanol–water partition coefficient (Wildman–Crippen LogP) is 4.53. The molecule has 0 bridgehead atoms. The average Bonchev–Trinajstić information content (AvgIpc) is 3.06. The molecule has 22 heavy (non-hydrogen) atoms. The molecule has 0 N–H and O–H groups in total. The van der Waals surface area contributed by atoms with Gasteiger partial charge in [-0.1, -0.05) is 36.0 Å². The van der Waals surface area contributed by atoms with Crippen LogP contribution in [0.2, 0.25) is 0 Å². The molecule has 0 unspecified atom stereocenters. The van der Waals surface area contributed by atoms with E-state index < -0.39 is 0 Å². The van der Waals surface area contributed by atoms with E-state index in [0.717, 1.165) is 29.4 Å². The van der Waals surface area contributed by atoms with Crippen molar-refractivity contribution in [1.29, 1.82) is 0 Å². The van der Waals surface area contributed by atoms with E-state index in [2.05, 4.69) is 53.2 Å². The van der Waals surface area contributed by atoms with Gasteiger partial charge in [0.15, 0.2) is 5.17 Å². The Morgan fingerprint density at radius 1 is 1.14 bits per heavy atom. The first kappa shape index (κ1) is 15.4. The SMILES string of the molecule is Br.COc1ccc(C2=C(C)SC3=NCCN32)c2ccccc12. The van der Waals surface area contributed by atoms with E-state index >= 15 is 0 Å². The maximum absolute atomic E-state index is 5.50. The Bertz CT molecular complexity index is 800. The lowest BCUT2D eigenvalue weighted by Crippen LogP contribution is -2.20. The summed E-state index contributed by atoms with van der Waals surface area (Å²) in [4.78, 5) is 8.24. The fourth-order valence-corrected chi connectivity index (χ4v) is 4.13. The van der Waals surface area contributed by atoms with E-state index in [0.29, 0.717) is 0 Å². The fourth-order valence-electron chi connectivity index (χ4n) is 3.09. The number of methoxy groups -OCH3 is 1. The van der Waals surface area contributed by atoms with Gasteiger partial charge in [0.2, 0.25) is 0 Å². The monoisotopic (exact) mass is 376 g/mol. The van der Waals surface area contributed by atoms with Crippen molar-refractivity contribution in [3.05, 3.63) is 46.9 Å². The standard InChI is InChI=1S/C17H16N2OS.BrH/c1-11-16(19-10-9-18-17(19)21-11)14-7-8-15(20-2)13-6-4-3-5-12(13)14;/h3-8H,9-10H2,1-2H3;1H. The predicted molar refractivity (Wildman–Crippen MR) is 100 cm³/mol. The Morgan fingerprint density at radius 3 is 2.68 bits per heavy atom. The van der Waals surface area contributed by atoms with Crippen LogP contribution in [0.15, 0.2) is 46.3 Å². The van der Waals surface area contributed by atoms with Gasteiger partial charge in [-0.2, -0.15) is 0 Å². The van der Waals surface area contributed by atoms with Gasteiger partial charge in [-0.05, 0) is 24.4 Å². The molecule has 0 saturated carbocycles. The van der Waals surface area contributed by atoms with Crippen LogP contribution in [-0.4, -0.2) is 30.3 Å². The van der Waals surface area contributed by atoms with Crippen LogP contribution in [0.4, 0.5) is 0 Å². The Hall–Kier alpha value is -1.46. The summed E-state index contributed by atoms with van der Waals surface area (Å²) in [5.41, 5.74) is 2.57. The van der Waals surface area contributed by atoms with E-state index in [1.54, 1.807) is 18.9 Å². The Balaban J connectivity index is 0.00000144. The first-order chi connectivity index (χ1) is 10.3. The molecule has 0 radical (unpaired) electrons. The second-order valence-corrected chi connectivity index (χ2v) is 6.37. The maximum atomic E-state index is 5.50. The molecule has 0 fully saturated rings. The molecular weight excluding hydrogens is 360 g/mol. The van der Waals surface area contributed by atoms with Crippen molar-refractivity contribution in [3.8, 4) is 5.75 Å². The fraction of sp³-hybridized carbons (Fsp3) is 0.235. The lowest BCUT2D eigenvalue weighted by molar-refractivity contribution is 0.420. The molecule has 2 aliphatic heterocycles. The normalized spacial score (nSPS) is 16.6. The van der Waals surface area contributed by atoms with E-state index in [1.165, 1.54) is 21.6 Å². The maximum Gasteiger partial charge on any atom is 0.168 e. The number of hydrogen-bond donors (Lipinski definition) is 0. The van der Waals surface area contributed by atoms with Crippen LogP contribution in [0.1, 0.15) is 12.5 Å². The molecule has 5 heteroatoms. The second kappa shape index (κ2) is 5.97. The molecule has 0 amide bonds. The van der Waals surface area contributed by atoms with Gasteiger partial charge >= 0.3 is 0 Å². The van der Waals surface area contributed by atoms with Crippen LogP contribution in [0, 0.1) is 0 Å². The van der Waals surface area contributed by atoms with Gasteiger partial charge in [0.25, 0.3) is 0 Å². The third kappa shape index (κ3) is 2.23. The molecule has 0 atom stereocenters. The summed E-state index contributed by atoms with van der Waals surface area (Å²) >= 11 is 1.78. The zero-order valence-corrected chi connectivity index (χ0v) is 15.0. The number of nitrogens with zero attached hydrogens (tertiary/aromatic N) is 2. The van der Waals surface area contributed by atoms with Crippen molar-refractivity contribution in [1.82, 2.24) is 4.90 Å². The van der Waals surface area contributed by atoms with E-state index in [4.69, 9.17) is 4.74 Å². The first-order valence-corrected chi connectivity index (χ1v) is 7.88. The smallest absolute Gasteiger partial charge is 0.168 e. The number of benzene rings is 2. The summed E-state index contributed by atoms with van der Waals surface area (Å²) in [7, 11) is 1.72. The largest absolute Gasteiger partial charge is 0.496 e. The zero-order chi connectivity index (χ0) is 14.4. The minimum absolute atomic E-state index is 0. The van der Waals surface area contributed by atoms with E-state index in [1.807, 2.05) is 0 Å². The number of aliphatic imine (C=N–C) groups is 1. The summed E-state index contributed by atoms with van der Waals surface area (Å²) in [5.74, 6) is 0.925. The van der Waals surface area contributed by atoms with Crippen molar-refractivity contribution in [2.75, 3.05) is 20.2 Å². The van der Waals surface area contributed by atoms with Gasteiger partial charge in [0.05, 0.1) is 19.4 Å². The number of thioether (sulfide) groups is 1. The van der Waals surface area contributed by atoms with Crippen LogP contribution in [0.3, 0.4) is 0 Å². The molecule has 2 heterocycles. The van der Waals surface area contributed by atoms with Gasteiger partial charge in [-0.3, -0.25) is 4.99 Å². The third-order valence-corrected chi connectivity index (χ3v) is 5.04. The first-order valence-electron chi connectivity index (χ1n) is 7.06. The highest BCUT2D eigenvalue weighted by atomic mass is 79.9. The summed E-state index contributed by atoms with van der Waals surface area (Å²) in [5, 5.41) is 3.54. The summed E-state index contributed by atoms with van der Waals surface area (Å²) < 4.78 is 5.50. The van der Waals surface area contributed by atoms with Crippen molar-refractivity contribution in [2.45, 2.75) is 6.92 Å². The topological polar surface area (TPSA) is 24.8 Å². The Kier molecular flexibility index (Phi) is 4.19. The number of ether oxygens (including phenoxy) is 1. The Morgan fingerprint density at radius 2 is 1.91 bits per heavy atom. The number of rotatable bonds is 2. The van der Waals surface area contributed by atoms with Crippen LogP contribution >= 0.6 is 28.7 Å². The minimum Gasteiger partial charge on any atom is -0.496 e. The highest BCUT2D eigenvalue weighted by Crippen LogP contribution is 2.44. The number of fused-ring (bicyclic) bond motifs is 2. The highest BCUT2D eigenvalue weighted by molar-refractivity contribution is 8.93. The molecule has 3 nitrogen and oxygen atoms in total. The molecule has 2 aromatic rings. The van der Waals surface area contributed by atoms with Gasteiger partial charge < -0.3 is 9.64 Å². The van der Waals surface area contributed by atoms with Crippen molar-refractivity contribution >= 4 is 50.4 Å². The summed E-state index contributed by atoms with van der Waals surface area (Å²) in [6.45, 7) is 4.06. The van der Waals surface area contributed by atoms with E-state index in [9.17, 15) is 0 Å². The van der Waals surface area contributed by atoms with Crippen molar-refractivity contribution < 1.29 is 4.74 Å². The van der Waals surface area contributed by atoms with Crippen LogP contribution in [0.25, 0.3) is 16.5 Å². The van der Waals surface area contributed by atoms with Crippen LogP contribution < -0.4 is 4.74 Å². The molecule has 2 aromatic carbocycles. The molecule has 0 aliphatic carbocycles. The van der Waals surface area contributed by atoms with Gasteiger partial charge in [0, 0.05) is 22.4 Å². The summed E-state index contributed by atoms with van der Waals surface area (Å²) in [6, 6.07) is 12.7. The number of amidine groups is 1. The van der Waals surface area contributed by atoms with Crippen LogP contribution in [-0.2, 0) is 0 Å². The number of allylic oxidation sites excluding steroid dienone is 1. The van der Waals surface area contributed by atoms with Gasteiger partial charge in [-0.25, -0.2) is 0 Å². The third-order valence-electron chi connectivity index (χ3n) is 4.01. The van der Waals surface area contributed by atoms with Gasteiger partial charge in [0.1, 0.15) is 5.75 Å². The highest BCUT2D eigenvalue weighted by Gasteiger charge is 2.31. The molecule has 0 spiro atoms. The average molecular weight is 377 g/mol. The molecule has 114 valence electrons. The van der Waals surface area contributed by atoms with Crippen LogP contribution in [0.5, 0.6) is 5.75 Å². The van der Waals surface area contributed by atoms with Gasteiger partial charge in [-0.15, -0.1) is 17.0 Å². The number of hydrogen-bond acceptors (Lipinski definition) is 4. The molecule has 4 rings (SSSR count). The Labute approximate surface area is 144 Å². The van der Waals surface area contributed by atoms with Crippen molar-refractivity contribution in [2.24, 2.45) is 4.99 Å².